The van der Waals surface area contributed by atoms with Gasteiger partial charge in [-0.25, -0.2) is 4.39 Å². The molecule has 0 amide bonds. The van der Waals surface area contributed by atoms with Crippen molar-refractivity contribution < 1.29 is 9.13 Å². The molecule has 0 radical (unpaired) electrons. The summed E-state index contributed by atoms with van der Waals surface area (Å²) in [6.07, 6.45) is 0. The summed E-state index contributed by atoms with van der Waals surface area (Å²) in [5.41, 5.74) is 3.54. The van der Waals surface area contributed by atoms with E-state index >= 15 is 0 Å². The fourth-order valence-electron chi connectivity index (χ4n) is 2.36. The Hall–Kier alpha value is -1.39. The van der Waals surface area contributed by atoms with Crippen molar-refractivity contribution in [3.63, 3.8) is 0 Å². The Morgan fingerprint density at radius 1 is 1.10 bits per heavy atom. The van der Waals surface area contributed by atoms with E-state index in [1.807, 2.05) is 30.3 Å². The van der Waals surface area contributed by atoms with E-state index < -0.39 is 0 Å². The molecule has 0 saturated carbocycles. The van der Waals surface area contributed by atoms with Crippen LogP contribution >= 0.6 is 15.9 Å². The lowest BCUT2D eigenvalue weighted by atomic mass is 10.1. The molecule has 2 rings (SSSR count). The monoisotopic (exact) mass is 351 g/mol. The van der Waals surface area contributed by atoms with Gasteiger partial charge in [0.05, 0.1) is 7.11 Å². The van der Waals surface area contributed by atoms with Gasteiger partial charge in [-0.2, -0.15) is 0 Å². The Morgan fingerprint density at radius 2 is 1.76 bits per heavy atom. The third kappa shape index (κ3) is 4.05. The normalized spacial score (nSPS) is 10.7. The molecule has 112 valence electrons. The zero-order valence-corrected chi connectivity index (χ0v) is 14.1. The van der Waals surface area contributed by atoms with Gasteiger partial charge in [0, 0.05) is 23.1 Å². The van der Waals surface area contributed by atoms with E-state index in [0.29, 0.717) is 24.2 Å². The summed E-state index contributed by atoms with van der Waals surface area (Å²) in [7, 11) is 1.67. The zero-order valence-electron chi connectivity index (χ0n) is 12.5. The predicted molar refractivity (Wildman–Crippen MR) is 87.1 cm³/mol. The fourth-order valence-corrected chi connectivity index (χ4v) is 2.77. The van der Waals surface area contributed by atoms with Gasteiger partial charge in [0.1, 0.15) is 11.6 Å². The number of methoxy groups -OCH3 is 1. The highest BCUT2D eigenvalue weighted by Crippen LogP contribution is 2.23. The topological polar surface area (TPSA) is 21.3 Å². The lowest BCUT2D eigenvalue weighted by molar-refractivity contribution is 0.407. The van der Waals surface area contributed by atoms with E-state index in [9.17, 15) is 4.39 Å². The quantitative estimate of drug-likeness (QED) is 0.855. The summed E-state index contributed by atoms with van der Waals surface area (Å²) in [5, 5.41) is 3.37. The number of hydrogen-bond acceptors (Lipinski definition) is 2. The van der Waals surface area contributed by atoms with E-state index in [2.05, 4.69) is 21.2 Å². The molecule has 0 bridgehead atoms. The maximum Gasteiger partial charge on any atom is 0.129 e. The van der Waals surface area contributed by atoms with E-state index in [0.717, 1.165) is 21.3 Å². The summed E-state index contributed by atoms with van der Waals surface area (Å²) in [5.74, 6) is 0.740. The minimum atomic E-state index is -0.118. The molecule has 1 N–H and O–H groups in total. The summed E-state index contributed by atoms with van der Waals surface area (Å²) < 4.78 is 20.0. The first kappa shape index (κ1) is 16.0. The van der Waals surface area contributed by atoms with Crippen LogP contribution in [-0.4, -0.2) is 7.11 Å². The van der Waals surface area contributed by atoms with Crippen molar-refractivity contribution in [1.82, 2.24) is 5.32 Å². The van der Waals surface area contributed by atoms with Crippen LogP contribution in [0.4, 0.5) is 4.39 Å². The van der Waals surface area contributed by atoms with Gasteiger partial charge >= 0.3 is 0 Å². The highest BCUT2D eigenvalue weighted by Gasteiger charge is 2.06. The number of rotatable bonds is 5. The Labute approximate surface area is 133 Å². The van der Waals surface area contributed by atoms with Gasteiger partial charge in [0.15, 0.2) is 0 Å². The molecule has 2 nitrogen and oxygen atoms in total. The molecule has 0 aliphatic rings. The summed E-state index contributed by atoms with van der Waals surface area (Å²) in [6.45, 7) is 4.97. The second kappa shape index (κ2) is 7.05. The lowest BCUT2D eigenvalue weighted by Gasteiger charge is -2.11. The average molecular weight is 352 g/mol. The Bertz CT molecular complexity index is 620. The van der Waals surface area contributed by atoms with Crippen molar-refractivity contribution in [2.24, 2.45) is 0 Å². The molecule has 0 fully saturated rings. The van der Waals surface area contributed by atoms with E-state index in [4.69, 9.17) is 4.74 Å². The van der Waals surface area contributed by atoms with Crippen LogP contribution in [0.1, 0.15) is 22.3 Å². The van der Waals surface area contributed by atoms with E-state index in [1.165, 1.54) is 0 Å². The molecule has 0 aromatic heterocycles. The number of hydrogen-bond donors (Lipinski definition) is 1. The third-order valence-electron chi connectivity index (χ3n) is 3.38. The SMILES string of the molecule is COc1ccc(Br)cc1CNCc1cc(C)c(F)c(C)c1. The maximum absolute atomic E-state index is 13.6. The number of benzene rings is 2. The third-order valence-corrected chi connectivity index (χ3v) is 3.88. The molecule has 0 aliphatic carbocycles. The highest BCUT2D eigenvalue weighted by molar-refractivity contribution is 9.10. The summed E-state index contributed by atoms with van der Waals surface area (Å²) in [4.78, 5) is 0. The van der Waals surface area contributed by atoms with Crippen LogP contribution in [-0.2, 0) is 13.1 Å². The number of halogens is 2. The lowest BCUT2D eigenvalue weighted by Crippen LogP contribution is -2.14. The predicted octanol–water partition coefficient (Wildman–Crippen LogP) is 4.50. The van der Waals surface area contributed by atoms with Gasteiger partial charge in [-0.15, -0.1) is 0 Å². The molecular formula is C17H19BrFNO. The van der Waals surface area contributed by atoms with Gasteiger partial charge in [-0.3, -0.25) is 0 Å². The summed E-state index contributed by atoms with van der Waals surface area (Å²) >= 11 is 3.46. The average Bonchev–Trinajstić information content (AvgIpc) is 2.45. The molecule has 0 aliphatic heterocycles. The van der Waals surface area contributed by atoms with Crippen LogP contribution in [0.25, 0.3) is 0 Å². The van der Waals surface area contributed by atoms with Gasteiger partial charge in [-0.05, 0) is 48.7 Å². The molecule has 21 heavy (non-hydrogen) atoms. The van der Waals surface area contributed by atoms with Crippen molar-refractivity contribution in [2.45, 2.75) is 26.9 Å². The molecule has 0 spiro atoms. The molecule has 0 unspecified atom stereocenters. The van der Waals surface area contributed by atoms with Crippen molar-refractivity contribution in [2.75, 3.05) is 7.11 Å². The van der Waals surface area contributed by atoms with Crippen LogP contribution in [0.5, 0.6) is 5.75 Å². The first-order chi connectivity index (χ1) is 10.0. The molecule has 0 atom stereocenters. The van der Waals surface area contributed by atoms with Gasteiger partial charge in [-0.1, -0.05) is 28.1 Å². The summed E-state index contributed by atoms with van der Waals surface area (Å²) in [6, 6.07) is 9.69. The molecule has 4 heteroatoms. The Morgan fingerprint density at radius 3 is 2.38 bits per heavy atom. The Kier molecular flexibility index (Phi) is 5.37. The van der Waals surface area contributed by atoms with Gasteiger partial charge in [0.2, 0.25) is 0 Å². The maximum atomic E-state index is 13.6. The number of nitrogens with one attached hydrogen (secondary N) is 1. The molecule has 2 aromatic carbocycles. The molecular weight excluding hydrogens is 333 g/mol. The van der Waals surface area contributed by atoms with Crippen LogP contribution in [0.3, 0.4) is 0 Å². The van der Waals surface area contributed by atoms with Crippen molar-refractivity contribution in [3.8, 4) is 5.75 Å². The van der Waals surface area contributed by atoms with E-state index in [-0.39, 0.29) is 5.82 Å². The van der Waals surface area contributed by atoms with Gasteiger partial charge in [0.25, 0.3) is 0 Å². The van der Waals surface area contributed by atoms with Crippen molar-refractivity contribution >= 4 is 15.9 Å². The molecule has 2 aromatic rings. The minimum Gasteiger partial charge on any atom is -0.496 e. The van der Waals surface area contributed by atoms with Crippen LogP contribution in [0, 0.1) is 19.7 Å². The van der Waals surface area contributed by atoms with E-state index in [1.54, 1.807) is 21.0 Å². The number of ether oxygens (including phenoxy) is 1. The zero-order chi connectivity index (χ0) is 15.4. The first-order valence-electron chi connectivity index (χ1n) is 6.80. The first-order valence-corrected chi connectivity index (χ1v) is 7.59. The van der Waals surface area contributed by atoms with Crippen LogP contribution in [0.2, 0.25) is 0 Å². The highest BCUT2D eigenvalue weighted by atomic mass is 79.9. The van der Waals surface area contributed by atoms with Crippen molar-refractivity contribution in [3.05, 3.63) is 62.9 Å². The molecule has 0 saturated heterocycles. The van der Waals surface area contributed by atoms with Crippen LogP contribution < -0.4 is 10.1 Å². The fraction of sp³-hybridized carbons (Fsp3) is 0.294. The smallest absolute Gasteiger partial charge is 0.129 e. The van der Waals surface area contributed by atoms with Crippen LogP contribution in [0.15, 0.2) is 34.8 Å². The second-order valence-electron chi connectivity index (χ2n) is 5.10. The van der Waals surface area contributed by atoms with Gasteiger partial charge < -0.3 is 10.1 Å². The number of aryl methyl sites for hydroxylation is 2. The second-order valence-corrected chi connectivity index (χ2v) is 6.02. The largest absolute Gasteiger partial charge is 0.496 e. The Balaban J connectivity index is 2.03. The van der Waals surface area contributed by atoms with Crippen molar-refractivity contribution in [1.29, 1.82) is 0 Å². The molecule has 0 heterocycles. The standard InChI is InChI=1S/C17H19BrFNO/c1-11-6-13(7-12(2)17(11)19)9-20-10-14-8-15(18)4-5-16(14)21-3/h4-8,20H,9-10H2,1-3H3. The minimum absolute atomic E-state index is 0.118.